The van der Waals surface area contributed by atoms with Gasteiger partial charge in [-0.3, -0.25) is 14.4 Å². The molecule has 1 aliphatic rings. The van der Waals surface area contributed by atoms with Crippen LogP contribution in [0.15, 0.2) is 42.5 Å². The van der Waals surface area contributed by atoms with Gasteiger partial charge in [-0.05, 0) is 56.7 Å². The van der Waals surface area contributed by atoms with Gasteiger partial charge in [-0.15, -0.1) is 0 Å². The van der Waals surface area contributed by atoms with Crippen LogP contribution in [0.2, 0.25) is 0 Å². The van der Waals surface area contributed by atoms with Crippen LogP contribution < -0.4 is 15.0 Å². The highest BCUT2D eigenvalue weighted by Crippen LogP contribution is 2.28. The van der Waals surface area contributed by atoms with Crippen LogP contribution in [0.25, 0.3) is 10.9 Å². The smallest absolute Gasteiger partial charge is 0.411 e. The first-order valence-electron chi connectivity index (χ1n) is 12.3. The highest BCUT2D eigenvalue weighted by atomic mass is 16.6. The van der Waals surface area contributed by atoms with E-state index in [9.17, 15) is 19.5 Å². The standard InChI is InChI=1S/C27H33N5O6/c1-27(2,3)38-26(36)31-13-12-30(16-22(31)25(34)35)18-8-11-20-21(14-18)32(29-23(20)24(33)28-4)15-17-6-9-19(37-5)10-7-17/h6-11,14,22H,12-13,15-16H2,1-5H3,(H,28,33)(H,34,35). The minimum absolute atomic E-state index is 0.0923. The SMILES string of the molecule is CNC(=O)c1nn(Cc2ccc(OC)cc2)c2cc(N3CCN(C(=O)OC(C)(C)C)C(C(=O)O)C3)ccc12. The topological polar surface area (TPSA) is 126 Å². The summed E-state index contributed by atoms with van der Waals surface area (Å²) in [5.41, 5.74) is 2.06. The number of carboxylic acids is 1. The lowest BCUT2D eigenvalue weighted by atomic mass is 10.1. The quantitative estimate of drug-likeness (QED) is 0.505. The Hall–Kier alpha value is -4.28. The second kappa shape index (κ2) is 10.6. The van der Waals surface area contributed by atoms with Gasteiger partial charge in [-0.1, -0.05) is 12.1 Å². The van der Waals surface area contributed by atoms with E-state index < -0.39 is 23.7 Å². The molecule has 1 atom stereocenters. The third-order valence-corrected chi connectivity index (χ3v) is 6.33. The number of amides is 2. The molecule has 202 valence electrons. The Labute approximate surface area is 220 Å². The molecule has 0 radical (unpaired) electrons. The van der Waals surface area contributed by atoms with Gasteiger partial charge in [0.05, 0.1) is 19.2 Å². The van der Waals surface area contributed by atoms with Gasteiger partial charge in [0, 0.05) is 37.8 Å². The van der Waals surface area contributed by atoms with Crippen LogP contribution in [0.3, 0.4) is 0 Å². The molecule has 1 aliphatic heterocycles. The zero-order valence-electron chi connectivity index (χ0n) is 22.2. The van der Waals surface area contributed by atoms with Gasteiger partial charge in [-0.2, -0.15) is 5.10 Å². The Morgan fingerprint density at radius 1 is 1.11 bits per heavy atom. The van der Waals surface area contributed by atoms with Crippen molar-refractivity contribution in [2.75, 3.05) is 38.7 Å². The van der Waals surface area contributed by atoms with E-state index in [0.29, 0.717) is 24.2 Å². The Balaban J connectivity index is 1.65. The minimum Gasteiger partial charge on any atom is -0.497 e. The van der Waals surface area contributed by atoms with Crippen molar-refractivity contribution in [1.29, 1.82) is 0 Å². The molecular weight excluding hydrogens is 490 g/mol. The number of nitrogens with zero attached hydrogens (tertiary/aromatic N) is 4. The zero-order valence-corrected chi connectivity index (χ0v) is 22.2. The molecule has 0 saturated carbocycles. The number of aliphatic carboxylic acids is 1. The summed E-state index contributed by atoms with van der Waals surface area (Å²) < 4.78 is 12.4. The molecule has 1 unspecified atom stereocenters. The van der Waals surface area contributed by atoms with E-state index in [1.807, 2.05) is 47.4 Å². The van der Waals surface area contributed by atoms with Gasteiger partial charge in [0.2, 0.25) is 0 Å². The molecule has 3 aromatic rings. The number of fused-ring (bicyclic) bond motifs is 1. The van der Waals surface area contributed by atoms with Crippen molar-refractivity contribution in [2.45, 2.75) is 39.0 Å². The van der Waals surface area contributed by atoms with Crippen LogP contribution in [-0.4, -0.2) is 83.2 Å². The van der Waals surface area contributed by atoms with Crippen LogP contribution >= 0.6 is 0 Å². The number of rotatable bonds is 6. The van der Waals surface area contributed by atoms with E-state index in [1.54, 1.807) is 39.6 Å². The molecule has 2 heterocycles. The number of methoxy groups -OCH3 is 1. The third-order valence-electron chi connectivity index (χ3n) is 6.33. The summed E-state index contributed by atoms with van der Waals surface area (Å²) in [6.07, 6.45) is -0.646. The molecule has 2 N–H and O–H groups in total. The van der Waals surface area contributed by atoms with Gasteiger partial charge in [0.25, 0.3) is 5.91 Å². The molecule has 11 nitrogen and oxygen atoms in total. The van der Waals surface area contributed by atoms with Gasteiger partial charge in [-0.25, -0.2) is 9.59 Å². The van der Waals surface area contributed by atoms with Crippen LogP contribution in [0.1, 0.15) is 36.8 Å². The van der Waals surface area contributed by atoms with E-state index >= 15 is 0 Å². The summed E-state index contributed by atoms with van der Waals surface area (Å²) in [6.45, 7) is 6.36. The predicted octanol–water partition coefficient (Wildman–Crippen LogP) is 2.96. The molecular formula is C27H33N5O6. The first-order chi connectivity index (χ1) is 18.0. The molecule has 0 aliphatic carbocycles. The van der Waals surface area contributed by atoms with Gasteiger partial charge in [0.1, 0.15) is 17.4 Å². The zero-order chi connectivity index (χ0) is 27.6. The number of benzene rings is 2. The van der Waals surface area contributed by atoms with Crippen LogP contribution in [-0.2, 0) is 16.1 Å². The summed E-state index contributed by atoms with van der Waals surface area (Å²) in [7, 11) is 3.16. The summed E-state index contributed by atoms with van der Waals surface area (Å²) in [5, 5.41) is 17.8. The number of ether oxygens (including phenoxy) is 2. The first-order valence-corrected chi connectivity index (χ1v) is 12.3. The highest BCUT2D eigenvalue weighted by Gasteiger charge is 2.38. The predicted molar refractivity (Wildman–Crippen MR) is 142 cm³/mol. The fraction of sp³-hybridized carbons (Fsp3) is 0.407. The maximum atomic E-state index is 12.7. The van der Waals surface area contributed by atoms with Gasteiger partial charge >= 0.3 is 12.1 Å². The number of aromatic nitrogens is 2. The summed E-state index contributed by atoms with van der Waals surface area (Å²) in [6, 6.07) is 12.1. The van der Waals surface area contributed by atoms with Crippen molar-refractivity contribution in [3.63, 3.8) is 0 Å². The Bertz CT molecular complexity index is 1340. The van der Waals surface area contributed by atoms with Crippen molar-refractivity contribution in [3.8, 4) is 5.75 Å². The van der Waals surface area contributed by atoms with E-state index in [1.165, 1.54) is 4.90 Å². The van der Waals surface area contributed by atoms with Crippen molar-refractivity contribution in [1.82, 2.24) is 20.0 Å². The second-order valence-corrected chi connectivity index (χ2v) is 10.1. The fourth-order valence-corrected chi connectivity index (χ4v) is 4.44. The van der Waals surface area contributed by atoms with E-state index in [2.05, 4.69) is 10.4 Å². The highest BCUT2D eigenvalue weighted by molar-refractivity contribution is 6.05. The number of anilines is 1. The van der Waals surface area contributed by atoms with Crippen molar-refractivity contribution < 1.29 is 29.0 Å². The molecule has 1 fully saturated rings. The maximum Gasteiger partial charge on any atom is 0.411 e. The van der Waals surface area contributed by atoms with Crippen LogP contribution in [0, 0.1) is 0 Å². The van der Waals surface area contributed by atoms with Crippen LogP contribution in [0.5, 0.6) is 5.75 Å². The minimum atomic E-state index is -1.10. The summed E-state index contributed by atoms with van der Waals surface area (Å²) in [5.74, 6) is -0.660. The second-order valence-electron chi connectivity index (χ2n) is 10.1. The number of hydrogen-bond acceptors (Lipinski definition) is 7. The number of hydrogen-bond donors (Lipinski definition) is 2. The maximum absolute atomic E-state index is 12.7. The van der Waals surface area contributed by atoms with E-state index in [4.69, 9.17) is 9.47 Å². The van der Waals surface area contributed by atoms with Crippen LogP contribution in [0.4, 0.5) is 10.5 Å². The number of carbonyl (C=O) groups is 3. The molecule has 2 aromatic carbocycles. The fourth-order valence-electron chi connectivity index (χ4n) is 4.44. The van der Waals surface area contributed by atoms with Gasteiger partial charge in [0.15, 0.2) is 5.69 Å². The molecule has 38 heavy (non-hydrogen) atoms. The largest absolute Gasteiger partial charge is 0.497 e. The van der Waals surface area contributed by atoms with Crippen molar-refractivity contribution in [3.05, 3.63) is 53.7 Å². The summed E-state index contributed by atoms with van der Waals surface area (Å²) in [4.78, 5) is 40.5. The molecule has 4 rings (SSSR count). The molecule has 0 spiro atoms. The Kier molecular flexibility index (Phi) is 7.47. The number of piperazine rings is 1. The van der Waals surface area contributed by atoms with E-state index in [0.717, 1.165) is 22.5 Å². The monoisotopic (exact) mass is 523 g/mol. The third kappa shape index (κ3) is 5.66. The van der Waals surface area contributed by atoms with Crippen molar-refractivity contribution in [2.24, 2.45) is 0 Å². The van der Waals surface area contributed by atoms with E-state index in [-0.39, 0.29) is 19.0 Å². The molecule has 1 aromatic heterocycles. The number of carboxylic acid groups (broad SMARTS) is 1. The molecule has 1 saturated heterocycles. The molecule has 0 bridgehead atoms. The Morgan fingerprint density at radius 3 is 2.42 bits per heavy atom. The molecule has 2 amide bonds. The number of carbonyl (C=O) groups excluding carboxylic acids is 2. The summed E-state index contributed by atoms with van der Waals surface area (Å²) >= 11 is 0. The lowest BCUT2D eigenvalue weighted by molar-refractivity contribution is -0.143. The first kappa shape index (κ1) is 26.8. The lowest BCUT2D eigenvalue weighted by Crippen LogP contribution is -2.59. The average Bonchev–Trinajstić information content (AvgIpc) is 3.24. The Morgan fingerprint density at radius 2 is 1.82 bits per heavy atom. The lowest BCUT2D eigenvalue weighted by Gasteiger charge is -2.40. The number of nitrogens with one attached hydrogen (secondary N) is 1. The average molecular weight is 524 g/mol. The normalized spacial score (nSPS) is 15.9. The van der Waals surface area contributed by atoms with Crippen molar-refractivity contribution >= 4 is 34.6 Å². The molecule has 11 heteroatoms. The van der Waals surface area contributed by atoms with Gasteiger partial charge < -0.3 is 24.8 Å².